The molecule has 0 aliphatic heterocycles. The first kappa shape index (κ1) is 14.9. The molecule has 1 rings (SSSR count). The maximum absolute atomic E-state index is 11.4. The largest absolute Gasteiger partial charge is 0.467 e. The van der Waals surface area contributed by atoms with E-state index < -0.39 is 12.0 Å². The van der Waals surface area contributed by atoms with Crippen molar-refractivity contribution in [2.75, 3.05) is 20.2 Å². The van der Waals surface area contributed by atoms with Crippen molar-refractivity contribution in [3.63, 3.8) is 0 Å². The Kier molecular flexibility index (Phi) is 6.07. The predicted molar refractivity (Wildman–Crippen MR) is 65.8 cm³/mol. The summed E-state index contributed by atoms with van der Waals surface area (Å²) in [5.74, 6) is -0.501. The Morgan fingerprint density at radius 2 is 2.17 bits per heavy atom. The second-order valence-electron chi connectivity index (χ2n) is 4.69. The highest BCUT2D eigenvalue weighted by atomic mass is 16.5. The molecule has 18 heavy (non-hydrogen) atoms. The van der Waals surface area contributed by atoms with Crippen LogP contribution in [0.4, 0.5) is 0 Å². The number of carbonyl (C=O) groups excluding carboxylic acids is 2. The molecule has 0 spiro atoms. The zero-order valence-corrected chi connectivity index (χ0v) is 10.9. The number of carbonyl (C=O) groups is 2. The van der Waals surface area contributed by atoms with Crippen molar-refractivity contribution in [3.8, 4) is 0 Å². The van der Waals surface area contributed by atoms with E-state index in [9.17, 15) is 14.7 Å². The number of aliphatic hydroxyl groups excluding tert-OH is 1. The smallest absolute Gasteiger partial charge is 0.329 e. The fraction of sp³-hybridized carbons (Fsp3) is 0.833. The Labute approximate surface area is 107 Å². The summed E-state index contributed by atoms with van der Waals surface area (Å²) in [6.45, 7) is 2.32. The molecule has 0 radical (unpaired) electrons. The molecular weight excluding hydrogens is 236 g/mol. The maximum atomic E-state index is 11.4. The van der Waals surface area contributed by atoms with E-state index in [1.165, 1.54) is 14.0 Å². The molecule has 1 aliphatic carbocycles. The van der Waals surface area contributed by atoms with Gasteiger partial charge in [0, 0.05) is 20.0 Å². The topological polar surface area (TPSA) is 87.7 Å². The molecule has 6 nitrogen and oxygen atoms in total. The van der Waals surface area contributed by atoms with Crippen molar-refractivity contribution in [1.29, 1.82) is 0 Å². The number of methoxy groups -OCH3 is 1. The number of nitrogens with one attached hydrogen (secondary N) is 2. The van der Waals surface area contributed by atoms with Gasteiger partial charge in [0.2, 0.25) is 5.91 Å². The van der Waals surface area contributed by atoms with Gasteiger partial charge in [-0.3, -0.25) is 4.79 Å². The summed E-state index contributed by atoms with van der Waals surface area (Å²) < 4.78 is 4.61. The molecule has 1 aliphatic rings. The van der Waals surface area contributed by atoms with Gasteiger partial charge in [-0.2, -0.15) is 0 Å². The average Bonchev–Trinajstić information content (AvgIpc) is 2.72. The monoisotopic (exact) mass is 258 g/mol. The third-order valence-corrected chi connectivity index (χ3v) is 3.24. The van der Waals surface area contributed by atoms with Gasteiger partial charge in [0.15, 0.2) is 0 Å². The molecule has 3 N–H and O–H groups in total. The van der Waals surface area contributed by atoms with E-state index in [0.717, 1.165) is 19.3 Å². The van der Waals surface area contributed by atoms with Crippen LogP contribution >= 0.6 is 0 Å². The summed E-state index contributed by atoms with van der Waals surface area (Å²) in [5.41, 5.74) is 0. The fourth-order valence-electron chi connectivity index (χ4n) is 2.25. The Bertz CT molecular complexity index is 296. The summed E-state index contributed by atoms with van der Waals surface area (Å²) in [5, 5.41) is 15.3. The molecular formula is C12H22N2O4. The fourth-order valence-corrected chi connectivity index (χ4v) is 2.25. The number of aliphatic hydroxyl groups is 1. The molecule has 6 heteroatoms. The van der Waals surface area contributed by atoms with Crippen LogP contribution in [0.3, 0.4) is 0 Å². The van der Waals surface area contributed by atoms with Crippen LogP contribution in [0.5, 0.6) is 0 Å². The highest BCUT2D eigenvalue weighted by Gasteiger charge is 2.26. The summed E-state index contributed by atoms with van der Waals surface area (Å²) in [7, 11) is 1.29. The Morgan fingerprint density at radius 1 is 1.44 bits per heavy atom. The Balaban J connectivity index is 2.32. The third-order valence-electron chi connectivity index (χ3n) is 3.24. The highest BCUT2D eigenvalue weighted by molar-refractivity contribution is 5.83. The van der Waals surface area contributed by atoms with Gasteiger partial charge in [-0.25, -0.2) is 4.79 Å². The lowest BCUT2D eigenvalue weighted by molar-refractivity contribution is -0.144. The van der Waals surface area contributed by atoms with Crippen molar-refractivity contribution in [1.82, 2.24) is 10.6 Å². The number of amides is 1. The van der Waals surface area contributed by atoms with Crippen LogP contribution in [0.1, 0.15) is 26.2 Å². The zero-order chi connectivity index (χ0) is 13.5. The minimum atomic E-state index is -0.675. The first-order chi connectivity index (χ1) is 8.54. The molecule has 0 saturated heterocycles. The van der Waals surface area contributed by atoms with Crippen molar-refractivity contribution in [2.45, 2.75) is 38.3 Å². The van der Waals surface area contributed by atoms with Crippen LogP contribution in [-0.4, -0.2) is 49.3 Å². The van der Waals surface area contributed by atoms with E-state index in [-0.39, 0.29) is 17.9 Å². The van der Waals surface area contributed by atoms with Gasteiger partial charge in [0.25, 0.3) is 0 Å². The number of esters is 1. The third kappa shape index (κ3) is 4.62. The molecule has 0 aromatic heterocycles. The van der Waals surface area contributed by atoms with Gasteiger partial charge in [0.05, 0.1) is 13.2 Å². The summed E-state index contributed by atoms with van der Waals surface area (Å²) in [6.07, 6.45) is 2.63. The maximum Gasteiger partial charge on any atom is 0.329 e. The standard InChI is InChI=1S/C12H22N2O4/c1-8(15)14-10(12(17)18-2)7-13-6-9-4-3-5-11(9)16/h9-11,13,16H,3-7H2,1-2H3,(H,14,15). The molecule has 3 atom stereocenters. The van der Waals surface area contributed by atoms with Gasteiger partial charge >= 0.3 is 5.97 Å². The molecule has 1 saturated carbocycles. The summed E-state index contributed by atoms with van der Waals surface area (Å²) >= 11 is 0. The second kappa shape index (κ2) is 7.33. The highest BCUT2D eigenvalue weighted by Crippen LogP contribution is 2.24. The van der Waals surface area contributed by atoms with Crippen molar-refractivity contribution >= 4 is 11.9 Å². The molecule has 0 bridgehead atoms. The number of ether oxygens (including phenoxy) is 1. The van der Waals surface area contributed by atoms with Crippen LogP contribution in [0, 0.1) is 5.92 Å². The van der Waals surface area contributed by atoms with Gasteiger partial charge in [-0.15, -0.1) is 0 Å². The quantitative estimate of drug-likeness (QED) is 0.555. The van der Waals surface area contributed by atoms with Crippen LogP contribution in [-0.2, 0) is 14.3 Å². The van der Waals surface area contributed by atoms with Gasteiger partial charge in [-0.05, 0) is 18.8 Å². The van der Waals surface area contributed by atoms with E-state index >= 15 is 0 Å². The lowest BCUT2D eigenvalue weighted by atomic mass is 10.1. The zero-order valence-electron chi connectivity index (χ0n) is 10.9. The molecule has 0 aromatic rings. The Morgan fingerprint density at radius 3 is 2.67 bits per heavy atom. The van der Waals surface area contributed by atoms with Gasteiger partial charge in [-0.1, -0.05) is 6.42 Å². The predicted octanol–water partition coefficient (Wildman–Crippen LogP) is -0.585. The van der Waals surface area contributed by atoms with Crippen molar-refractivity contribution < 1.29 is 19.4 Å². The first-order valence-corrected chi connectivity index (χ1v) is 6.28. The van der Waals surface area contributed by atoms with Crippen molar-refractivity contribution in [3.05, 3.63) is 0 Å². The van der Waals surface area contributed by atoms with Gasteiger partial charge in [0.1, 0.15) is 6.04 Å². The average molecular weight is 258 g/mol. The summed E-state index contributed by atoms with van der Waals surface area (Å²) in [6, 6.07) is -0.675. The number of rotatable bonds is 6. The molecule has 104 valence electrons. The number of hydrogen-bond donors (Lipinski definition) is 3. The van der Waals surface area contributed by atoms with Crippen LogP contribution in [0.15, 0.2) is 0 Å². The van der Waals surface area contributed by atoms with Crippen molar-refractivity contribution in [2.24, 2.45) is 5.92 Å². The molecule has 0 aromatic carbocycles. The SMILES string of the molecule is COC(=O)C(CNCC1CCCC1O)NC(C)=O. The van der Waals surface area contributed by atoms with Crippen LogP contribution in [0.2, 0.25) is 0 Å². The second-order valence-corrected chi connectivity index (χ2v) is 4.69. The summed E-state index contributed by atoms with van der Waals surface area (Å²) in [4.78, 5) is 22.4. The Hall–Kier alpha value is -1.14. The number of hydrogen-bond acceptors (Lipinski definition) is 5. The lowest BCUT2D eigenvalue weighted by Gasteiger charge is -2.19. The molecule has 3 unspecified atom stereocenters. The normalized spacial score (nSPS) is 24.6. The minimum Gasteiger partial charge on any atom is -0.467 e. The van der Waals surface area contributed by atoms with E-state index in [1.807, 2.05) is 0 Å². The molecule has 0 heterocycles. The van der Waals surface area contributed by atoms with E-state index in [2.05, 4.69) is 15.4 Å². The molecule has 1 fully saturated rings. The van der Waals surface area contributed by atoms with Crippen LogP contribution < -0.4 is 10.6 Å². The lowest BCUT2D eigenvalue weighted by Crippen LogP contribution is -2.48. The van der Waals surface area contributed by atoms with E-state index in [0.29, 0.717) is 13.1 Å². The van der Waals surface area contributed by atoms with E-state index in [1.54, 1.807) is 0 Å². The molecule has 1 amide bonds. The van der Waals surface area contributed by atoms with Crippen LogP contribution in [0.25, 0.3) is 0 Å². The first-order valence-electron chi connectivity index (χ1n) is 6.28. The van der Waals surface area contributed by atoms with Gasteiger partial charge < -0.3 is 20.5 Å². The minimum absolute atomic E-state index is 0.237. The van der Waals surface area contributed by atoms with E-state index in [4.69, 9.17) is 0 Å².